The number of ether oxygens (including phenoxy) is 1. The highest BCUT2D eigenvalue weighted by Crippen LogP contribution is 2.26. The number of carbonyl (C=O) groups is 1. The van der Waals surface area contributed by atoms with E-state index < -0.39 is 24.5 Å². The van der Waals surface area contributed by atoms with E-state index in [1.807, 2.05) is 0 Å². The summed E-state index contributed by atoms with van der Waals surface area (Å²) in [7, 11) is 0. The minimum Gasteiger partial charge on any atom is -0.482 e. The van der Waals surface area contributed by atoms with Crippen LogP contribution in [0.5, 0.6) is 5.75 Å². The predicted molar refractivity (Wildman–Crippen MR) is 85.6 cm³/mol. The summed E-state index contributed by atoms with van der Waals surface area (Å²) in [6.45, 7) is -0.397. The number of carbonyl (C=O) groups excluding carboxylic acids is 1. The second-order valence-electron chi connectivity index (χ2n) is 5.70. The van der Waals surface area contributed by atoms with Crippen LogP contribution in [0.4, 0.5) is 23.2 Å². The summed E-state index contributed by atoms with van der Waals surface area (Å²) in [6.07, 6.45) is -2.83. The van der Waals surface area contributed by atoms with Crippen LogP contribution >= 0.6 is 0 Å². The van der Waals surface area contributed by atoms with E-state index in [4.69, 9.17) is 0 Å². The van der Waals surface area contributed by atoms with Crippen molar-refractivity contribution in [2.45, 2.75) is 19.1 Å². The van der Waals surface area contributed by atoms with Crippen molar-refractivity contribution in [3.8, 4) is 5.75 Å². The maximum absolute atomic E-state index is 14.6. The number of benzene rings is 1. The van der Waals surface area contributed by atoms with Crippen LogP contribution in [0.3, 0.4) is 0 Å². The van der Waals surface area contributed by atoms with Crippen LogP contribution in [-0.4, -0.2) is 30.2 Å². The third-order valence-electron chi connectivity index (χ3n) is 3.83. The maximum atomic E-state index is 14.6. The van der Waals surface area contributed by atoms with E-state index in [1.165, 1.54) is 24.4 Å². The lowest BCUT2D eigenvalue weighted by Gasteiger charge is -2.19. The molecule has 0 radical (unpaired) electrons. The van der Waals surface area contributed by atoms with Gasteiger partial charge in [-0.05, 0) is 42.3 Å². The first-order valence-corrected chi connectivity index (χ1v) is 7.82. The SMILES string of the molecule is O=C(Nc1ccc2c(c1F)CCNC2)c1ncccc1OCC(F)(F)F. The molecule has 1 aliphatic rings. The molecule has 1 aromatic carbocycles. The Hall–Kier alpha value is -2.68. The number of rotatable bonds is 4. The lowest BCUT2D eigenvalue weighted by atomic mass is 9.99. The molecule has 0 fully saturated rings. The summed E-state index contributed by atoms with van der Waals surface area (Å²) >= 11 is 0. The fraction of sp³-hybridized carbons (Fsp3) is 0.294. The Morgan fingerprint density at radius 1 is 1.31 bits per heavy atom. The largest absolute Gasteiger partial charge is 0.482 e. The van der Waals surface area contributed by atoms with Crippen molar-refractivity contribution in [2.24, 2.45) is 0 Å². The normalized spacial score (nSPS) is 13.8. The fourth-order valence-electron chi connectivity index (χ4n) is 2.65. The average molecular weight is 369 g/mol. The number of aromatic nitrogens is 1. The first-order chi connectivity index (χ1) is 12.3. The van der Waals surface area contributed by atoms with Crippen LogP contribution in [0.2, 0.25) is 0 Å². The Morgan fingerprint density at radius 3 is 2.88 bits per heavy atom. The van der Waals surface area contributed by atoms with Crippen LogP contribution in [-0.2, 0) is 13.0 Å². The molecule has 138 valence electrons. The van der Waals surface area contributed by atoms with Crippen molar-refractivity contribution in [3.05, 3.63) is 53.1 Å². The molecule has 9 heteroatoms. The van der Waals surface area contributed by atoms with Crippen molar-refractivity contribution in [1.29, 1.82) is 0 Å². The van der Waals surface area contributed by atoms with E-state index in [1.54, 1.807) is 6.07 Å². The third-order valence-corrected chi connectivity index (χ3v) is 3.83. The summed E-state index contributed by atoms with van der Waals surface area (Å²) in [6, 6.07) is 5.65. The Kier molecular flexibility index (Phi) is 5.08. The fourth-order valence-corrected chi connectivity index (χ4v) is 2.65. The highest BCUT2D eigenvalue weighted by atomic mass is 19.4. The Bertz CT molecular complexity index is 824. The van der Waals surface area contributed by atoms with Gasteiger partial charge in [0, 0.05) is 12.7 Å². The van der Waals surface area contributed by atoms with E-state index in [9.17, 15) is 22.4 Å². The summed E-state index contributed by atoms with van der Waals surface area (Å²) < 4.78 is 56.2. The highest BCUT2D eigenvalue weighted by molar-refractivity contribution is 6.04. The number of pyridine rings is 1. The zero-order chi connectivity index (χ0) is 18.7. The number of alkyl halides is 3. The van der Waals surface area contributed by atoms with Gasteiger partial charge in [0.15, 0.2) is 18.1 Å². The number of fused-ring (bicyclic) bond motifs is 1. The molecule has 1 aromatic heterocycles. The predicted octanol–water partition coefficient (Wildman–Crippen LogP) is 3.06. The van der Waals surface area contributed by atoms with Gasteiger partial charge in [-0.2, -0.15) is 13.2 Å². The number of anilines is 1. The molecule has 0 spiro atoms. The number of hydrogen-bond acceptors (Lipinski definition) is 4. The van der Waals surface area contributed by atoms with E-state index in [-0.39, 0.29) is 17.1 Å². The lowest BCUT2D eigenvalue weighted by Crippen LogP contribution is -2.25. The number of nitrogens with zero attached hydrogens (tertiary/aromatic N) is 1. The van der Waals surface area contributed by atoms with E-state index in [2.05, 4.69) is 20.4 Å². The van der Waals surface area contributed by atoms with Gasteiger partial charge in [-0.25, -0.2) is 9.37 Å². The Morgan fingerprint density at radius 2 is 2.12 bits per heavy atom. The number of hydrogen-bond donors (Lipinski definition) is 2. The van der Waals surface area contributed by atoms with Gasteiger partial charge >= 0.3 is 6.18 Å². The van der Waals surface area contributed by atoms with Gasteiger partial charge < -0.3 is 15.4 Å². The molecular formula is C17H15F4N3O2. The third kappa shape index (κ3) is 4.10. The number of amides is 1. The molecule has 2 heterocycles. The molecule has 0 saturated carbocycles. The van der Waals surface area contributed by atoms with Crippen LogP contribution in [0, 0.1) is 5.82 Å². The molecule has 26 heavy (non-hydrogen) atoms. The van der Waals surface area contributed by atoms with Gasteiger partial charge in [0.25, 0.3) is 5.91 Å². The Balaban J connectivity index is 1.81. The minimum atomic E-state index is -4.55. The standard InChI is InChI=1S/C17H15F4N3O2/c18-14-11-5-7-22-8-10(11)3-4-12(14)24-16(25)15-13(2-1-6-23-15)26-9-17(19,20)21/h1-4,6,22H,5,7-9H2,(H,24,25). The van der Waals surface area contributed by atoms with Gasteiger partial charge in [0.2, 0.25) is 0 Å². The lowest BCUT2D eigenvalue weighted by molar-refractivity contribution is -0.153. The van der Waals surface area contributed by atoms with E-state index >= 15 is 0 Å². The van der Waals surface area contributed by atoms with Crippen molar-refractivity contribution >= 4 is 11.6 Å². The molecule has 3 rings (SSSR count). The highest BCUT2D eigenvalue weighted by Gasteiger charge is 2.29. The molecule has 0 atom stereocenters. The Labute approximate surface area is 146 Å². The molecular weight excluding hydrogens is 354 g/mol. The molecule has 0 saturated heterocycles. The quantitative estimate of drug-likeness (QED) is 0.814. The minimum absolute atomic E-state index is 0.0527. The van der Waals surface area contributed by atoms with Gasteiger partial charge in [0.05, 0.1) is 5.69 Å². The zero-order valence-corrected chi connectivity index (χ0v) is 13.5. The molecule has 2 N–H and O–H groups in total. The monoisotopic (exact) mass is 369 g/mol. The van der Waals surface area contributed by atoms with Crippen molar-refractivity contribution in [1.82, 2.24) is 10.3 Å². The molecule has 1 aliphatic heterocycles. The molecule has 0 bridgehead atoms. The van der Waals surface area contributed by atoms with Crippen LogP contribution < -0.4 is 15.4 Å². The second kappa shape index (κ2) is 7.28. The first-order valence-electron chi connectivity index (χ1n) is 7.82. The van der Waals surface area contributed by atoms with Gasteiger partial charge in [0.1, 0.15) is 5.82 Å². The van der Waals surface area contributed by atoms with Gasteiger partial charge in [-0.3, -0.25) is 4.79 Å². The summed E-state index contributed by atoms with van der Waals surface area (Å²) in [5.74, 6) is -1.73. The van der Waals surface area contributed by atoms with E-state index in [0.717, 1.165) is 5.56 Å². The van der Waals surface area contributed by atoms with Crippen LogP contribution in [0.1, 0.15) is 21.6 Å². The van der Waals surface area contributed by atoms with Crippen LogP contribution in [0.15, 0.2) is 30.5 Å². The summed E-state index contributed by atoms with van der Waals surface area (Å²) in [5, 5.41) is 5.47. The molecule has 1 amide bonds. The smallest absolute Gasteiger partial charge is 0.422 e. The van der Waals surface area contributed by atoms with Crippen molar-refractivity contribution < 1.29 is 27.1 Å². The van der Waals surface area contributed by atoms with Gasteiger partial charge in [-0.1, -0.05) is 6.07 Å². The first kappa shape index (κ1) is 18.1. The van der Waals surface area contributed by atoms with Gasteiger partial charge in [-0.15, -0.1) is 0 Å². The maximum Gasteiger partial charge on any atom is 0.422 e. The second-order valence-corrected chi connectivity index (χ2v) is 5.70. The summed E-state index contributed by atoms with van der Waals surface area (Å²) in [5.41, 5.74) is 0.911. The molecule has 2 aromatic rings. The van der Waals surface area contributed by atoms with Crippen LogP contribution in [0.25, 0.3) is 0 Å². The molecule has 0 unspecified atom stereocenters. The number of nitrogens with one attached hydrogen (secondary N) is 2. The van der Waals surface area contributed by atoms with Crippen molar-refractivity contribution in [2.75, 3.05) is 18.5 Å². The summed E-state index contributed by atoms with van der Waals surface area (Å²) in [4.78, 5) is 16.1. The topological polar surface area (TPSA) is 63.2 Å². The zero-order valence-electron chi connectivity index (χ0n) is 13.5. The molecule has 5 nitrogen and oxygen atoms in total. The van der Waals surface area contributed by atoms with E-state index in [0.29, 0.717) is 25.1 Å². The number of halogens is 4. The molecule has 0 aliphatic carbocycles. The van der Waals surface area contributed by atoms with Crippen molar-refractivity contribution in [3.63, 3.8) is 0 Å². The average Bonchev–Trinajstić information content (AvgIpc) is 2.62.